The van der Waals surface area contributed by atoms with Crippen LogP contribution in [0, 0.1) is 0 Å². The van der Waals surface area contributed by atoms with Crippen molar-refractivity contribution in [2.24, 2.45) is 4.99 Å². The molecule has 0 aromatic heterocycles. The van der Waals surface area contributed by atoms with Gasteiger partial charge < -0.3 is 10.1 Å². The minimum Gasteiger partial charge on any atom is -0.426 e. The van der Waals surface area contributed by atoms with Gasteiger partial charge in [-0.3, -0.25) is 14.6 Å². The van der Waals surface area contributed by atoms with E-state index in [9.17, 15) is 9.59 Å². The minimum atomic E-state index is -0.396. The summed E-state index contributed by atoms with van der Waals surface area (Å²) < 4.78 is 5.06. The van der Waals surface area contributed by atoms with Crippen LogP contribution in [-0.2, 0) is 9.59 Å². The largest absolute Gasteiger partial charge is 0.426 e. The average Bonchev–Trinajstić information content (AvgIpc) is 2.90. The first kappa shape index (κ1) is 14.3. The normalized spacial score (nSPS) is 14.2. The van der Waals surface area contributed by atoms with E-state index in [1.165, 1.54) is 24.8 Å². The summed E-state index contributed by atoms with van der Waals surface area (Å²) in [7, 11) is 0. The van der Waals surface area contributed by atoms with Gasteiger partial charge in [-0.15, -0.1) is 0 Å². The van der Waals surface area contributed by atoms with E-state index in [4.69, 9.17) is 4.74 Å². The summed E-state index contributed by atoms with van der Waals surface area (Å²) in [4.78, 5) is 26.8. The second-order valence-electron chi connectivity index (χ2n) is 3.99. The lowest BCUT2D eigenvalue weighted by Crippen LogP contribution is -2.25. The predicted molar refractivity (Wildman–Crippen MR) is 79.7 cm³/mol. The molecule has 0 spiro atoms. The summed E-state index contributed by atoms with van der Waals surface area (Å²) in [6.45, 7) is 2.07. The number of carbonyl (C=O) groups is 2. The van der Waals surface area contributed by atoms with Crippen molar-refractivity contribution in [3.63, 3.8) is 0 Å². The zero-order valence-corrected chi connectivity index (χ0v) is 11.8. The highest BCUT2D eigenvalue weighted by atomic mass is 32.2. The lowest BCUT2D eigenvalue weighted by molar-refractivity contribution is -0.131. The highest BCUT2D eigenvalue weighted by molar-refractivity contribution is 8.14. The Morgan fingerprint density at radius 1 is 1.40 bits per heavy atom. The van der Waals surface area contributed by atoms with Gasteiger partial charge in [0.15, 0.2) is 5.17 Å². The average molecular weight is 290 g/mol. The van der Waals surface area contributed by atoms with E-state index in [0.717, 1.165) is 12.3 Å². The van der Waals surface area contributed by atoms with E-state index >= 15 is 0 Å². The molecule has 0 radical (unpaired) electrons. The van der Waals surface area contributed by atoms with E-state index in [1.807, 2.05) is 6.07 Å². The lowest BCUT2D eigenvalue weighted by atomic mass is 10.2. The Bertz CT molecular complexity index is 582. The third-order valence-corrected chi connectivity index (χ3v) is 3.29. The van der Waals surface area contributed by atoms with E-state index in [-0.39, 0.29) is 5.91 Å². The fraction of sp³-hybridized carbons (Fsp3) is 0.214. The van der Waals surface area contributed by atoms with Crippen molar-refractivity contribution in [2.75, 3.05) is 12.3 Å². The molecule has 1 N–H and O–H groups in total. The fourth-order valence-corrected chi connectivity index (χ4v) is 2.32. The number of hydrogen-bond donors (Lipinski definition) is 1. The number of amides is 1. The second kappa shape index (κ2) is 6.91. The van der Waals surface area contributed by atoms with Gasteiger partial charge in [-0.05, 0) is 12.1 Å². The Morgan fingerprint density at radius 2 is 2.20 bits per heavy atom. The molecule has 0 saturated heterocycles. The van der Waals surface area contributed by atoms with Crippen LogP contribution in [0.2, 0.25) is 0 Å². The van der Waals surface area contributed by atoms with Crippen molar-refractivity contribution < 1.29 is 14.3 Å². The first-order valence-electron chi connectivity index (χ1n) is 6.09. The monoisotopic (exact) mass is 290 g/mol. The molecule has 0 fully saturated rings. The highest BCUT2D eigenvalue weighted by Gasteiger charge is 2.09. The van der Waals surface area contributed by atoms with Gasteiger partial charge in [-0.2, -0.15) is 0 Å². The maximum Gasteiger partial charge on any atom is 0.308 e. The van der Waals surface area contributed by atoms with E-state index in [2.05, 4.69) is 10.3 Å². The minimum absolute atomic E-state index is 0.254. The van der Waals surface area contributed by atoms with Crippen LogP contribution in [0.3, 0.4) is 0 Å². The number of carbonyl (C=O) groups excluding carboxylic acids is 2. The fourth-order valence-electron chi connectivity index (χ4n) is 1.59. The van der Waals surface area contributed by atoms with Crippen LogP contribution < -0.4 is 10.1 Å². The van der Waals surface area contributed by atoms with Crippen LogP contribution in [-0.4, -0.2) is 29.3 Å². The summed E-state index contributed by atoms with van der Waals surface area (Å²) in [5, 5.41) is 3.34. The number of benzene rings is 1. The molecule has 1 aliphatic heterocycles. The Kier molecular flexibility index (Phi) is 4.95. The van der Waals surface area contributed by atoms with Crippen LogP contribution in [0.5, 0.6) is 5.75 Å². The number of nitrogens with one attached hydrogen (secondary N) is 1. The number of hydrogen-bond acceptors (Lipinski definition) is 5. The lowest BCUT2D eigenvalue weighted by Gasteiger charge is -2.04. The van der Waals surface area contributed by atoms with Gasteiger partial charge >= 0.3 is 5.97 Å². The first-order valence-corrected chi connectivity index (χ1v) is 7.07. The van der Waals surface area contributed by atoms with Crippen LogP contribution >= 0.6 is 11.8 Å². The molecule has 0 saturated carbocycles. The SMILES string of the molecule is CC(=O)Oc1ccccc1/C=C/C(=O)NC1=NCCS1. The van der Waals surface area contributed by atoms with Crippen molar-refractivity contribution in [1.82, 2.24) is 5.32 Å². The van der Waals surface area contributed by atoms with E-state index in [1.54, 1.807) is 24.3 Å². The zero-order chi connectivity index (χ0) is 14.4. The first-order chi connectivity index (χ1) is 9.65. The van der Waals surface area contributed by atoms with Gasteiger partial charge in [-0.25, -0.2) is 0 Å². The molecule has 104 valence electrons. The van der Waals surface area contributed by atoms with Crippen LogP contribution in [0.4, 0.5) is 0 Å². The van der Waals surface area contributed by atoms with Gasteiger partial charge in [0.25, 0.3) is 0 Å². The molecular formula is C14H14N2O3S. The maximum absolute atomic E-state index is 11.7. The van der Waals surface area contributed by atoms with Crippen LogP contribution in [0.15, 0.2) is 35.3 Å². The molecule has 0 aliphatic carbocycles. The van der Waals surface area contributed by atoms with Crippen molar-refractivity contribution >= 4 is 34.9 Å². The second-order valence-corrected chi connectivity index (χ2v) is 5.07. The molecule has 5 nitrogen and oxygen atoms in total. The molecule has 6 heteroatoms. The topological polar surface area (TPSA) is 67.8 Å². The number of thioether (sulfide) groups is 1. The summed E-state index contributed by atoms with van der Waals surface area (Å²) in [6, 6.07) is 7.01. The molecule has 1 aliphatic rings. The Labute approximate surface area is 121 Å². The summed E-state index contributed by atoms with van der Waals surface area (Å²) in [5.41, 5.74) is 0.666. The standard InChI is InChI=1S/C14H14N2O3S/c1-10(17)19-12-5-3-2-4-11(12)6-7-13(18)16-14-15-8-9-20-14/h2-7H,8-9H2,1H3,(H,15,16,18)/b7-6+. The molecule has 2 rings (SSSR count). The quantitative estimate of drug-likeness (QED) is 0.524. The van der Waals surface area contributed by atoms with Crippen LogP contribution in [0.25, 0.3) is 6.08 Å². The van der Waals surface area contributed by atoms with Crippen molar-refractivity contribution in [3.05, 3.63) is 35.9 Å². The Hall–Kier alpha value is -2.08. The number of para-hydroxylation sites is 1. The molecule has 0 unspecified atom stereocenters. The predicted octanol–water partition coefficient (Wildman–Crippen LogP) is 1.84. The van der Waals surface area contributed by atoms with Crippen LogP contribution in [0.1, 0.15) is 12.5 Å². The number of aliphatic imine (C=N–C) groups is 1. The van der Waals surface area contributed by atoms with E-state index < -0.39 is 5.97 Å². The summed E-state index contributed by atoms with van der Waals surface area (Å²) in [5.74, 6) is 0.675. The third kappa shape index (κ3) is 4.24. The highest BCUT2D eigenvalue weighted by Crippen LogP contribution is 2.19. The molecule has 1 amide bonds. The molecular weight excluding hydrogens is 276 g/mol. The smallest absolute Gasteiger partial charge is 0.308 e. The zero-order valence-electron chi connectivity index (χ0n) is 11.0. The van der Waals surface area contributed by atoms with Gasteiger partial charge in [-0.1, -0.05) is 30.0 Å². The van der Waals surface area contributed by atoms with Gasteiger partial charge in [0, 0.05) is 24.3 Å². The van der Waals surface area contributed by atoms with Gasteiger partial charge in [0.2, 0.25) is 5.91 Å². The third-order valence-electron chi connectivity index (χ3n) is 2.40. The van der Waals surface area contributed by atoms with Gasteiger partial charge in [0.05, 0.1) is 6.54 Å². The number of amidine groups is 1. The molecule has 1 heterocycles. The molecule has 1 aromatic rings. The molecule has 20 heavy (non-hydrogen) atoms. The number of ether oxygens (including phenoxy) is 1. The number of esters is 1. The number of nitrogens with zero attached hydrogens (tertiary/aromatic N) is 1. The summed E-state index contributed by atoms with van der Waals surface area (Å²) >= 11 is 1.52. The molecule has 0 atom stereocenters. The van der Waals surface area contributed by atoms with Crippen molar-refractivity contribution in [2.45, 2.75) is 6.92 Å². The maximum atomic E-state index is 11.7. The van der Waals surface area contributed by atoms with Crippen molar-refractivity contribution in [3.8, 4) is 5.75 Å². The summed E-state index contributed by atoms with van der Waals surface area (Å²) in [6.07, 6.45) is 3.00. The Balaban J connectivity index is 2.03. The van der Waals surface area contributed by atoms with Gasteiger partial charge in [0.1, 0.15) is 5.75 Å². The molecule has 0 bridgehead atoms. The van der Waals surface area contributed by atoms with E-state index in [0.29, 0.717) is 16.5 Å². The van der Waals surface area contributed by atoms with Crippen molar-refractivity contribution in [1.29, 1.82) is 0 Å². The number of rotatable bonds is 3. The Morgan fingerprint density at radius 3 is 2.90 bits per heavy atom. The molecule has 1 aromatic carbocycles.